The summed E-state index contributed by atoms with van der Waals surface area (Å²) in [6.07, 6.45) is 2.64. The second-order valence-electron chi connectivity index (χ2n) is 16.3. The van der Waals surface area contributed by atoms with Gasteiger partial charge >= 0.3 is 12.1 Å². The lowest BCUT2D eigenvalue weighted by molar-refractivity contribution is -0.149. The first-order valence-corrected chi connectivity index (χ1v) is 24.3. The summed E-state index contributed by atoms with van der Waals surface area (Å²) >= 11 is 0. The molecule has 8 amide bonds. The number of carbonyl (C=O) groups excluding carboxylic acids is 8. The van der Waals surface area contributed by atoms with E-state index in [9.17, 15) is 42.7 Å². The number of nitrogens with zero attached hydrogens (tertiary/aromatic N) is 2. The molecule has 18 nitrogen and oxygen atoms in total. The molecule has 9 rings (SSSR count). The molecule has 3 aromatic carbocycles. The van der Waals surface area contributed by atoms with E-state index in [1.807, 2.05) is 108 Å². The number of amides is 8. The number of nitrogens with one attached hydrogen (secondary N) is 5. The van der Waals surface area contributed by atoms with Crippen LogP contribution < -0.4 is 36.4 Å². The first-order valence-electron chi connectivity index (χ1n) is 24.3. The van der Waals surface area contributed by atoms with Crippen LogP contribution in [0.15, 0.2) is 72.8 Å². The summed E-state index contributed by atoms with van der Waals surface area (Å²) in [5, 5.41) is 11.6. The lowest BCUT2D eigenvalue weighted by atomic mass is 9.68. The van der Waals surface area contributed by atoms with E-state index in [4.69, 9.17) is 14.2 Å². The molecule has 0 aliphatic carbocycles. The van der Waals surface area contributed by atoms with E-state index < -0.39 is 53.0 Å². The number of aldehydes is 2. The minimum atomic E-state index is -1.34. The predicted molar refractivity (Wildman–Crippen MR) is 270 cm³/mol. The molecule has 390 valence electrons. The maximum absolute atomic E-state index is 12.7. The van der Waals surface area contributed by atoms with Crippen molar-refractivity contribution in [3.05, 3.63) is 95.3 Å². The number of urea groups is 2. The van der Waals surface area contributed by atoms with E-state index in [1.165, 1.54) is 12.1 Å². The number of hydrogen-bond donors (Lipinski definition) is 5. The van der Waals surface area contributed by atoms with Crippen molar-refractivity contribution < 1.29 is 57.0 Å². The molecule has 6 aliphatic heterocycles. The van der Waals surface area contributed by atoms with Crippen molar-refractivity contribution in [1.29, 1.82) is 0 Å². The number of halogens is 1. The molecule has 3 aromatic rings. The SMILES string of the molecule is CC.CC.CC.C[C@@H]1CN(c2ccccc2C=O)C[C@H](C)O1.C[C@@H]1CN2c3ccccc3CC3(C(=O)NC(=O)NC3=O)[C@H]2CO1.C[C@@H]1CNC[C@H](C)O1.O=C1CC(=O)NC(=O)N1.O=Cc1ccccc1F. The van der Waals surface area contributed by atoms with Crippen molar-refractivity contribution in [1.82, 2.24) is 26.6 Å². The molecular formula is C52H74FN7O11. The van der Waals surface area contributed by atoms with E-state index in [-0.39, 0.29) is 43.3 Å². The first kappa shape index (κ1) is 60.7. The highest BCUT2D eigenvalue weighted by Gasteiger charge is 2.60. The van der Waals surface area contributed by atoms with Crippen LogP contribution in [0.25, 0.3) is 0 Å². The van der Waals surface area contributed by atoms with E-state index in [2.05, 4.69) is 53.4 Å². The van der Waals surface area contributed by atoms with Crippen LogP contribution in [-0.4, -0.2) is 124 Å². The van der Waals surface area contributed by atoms with Gasteiger partial charge in [-0.05, 0) is 76.9 Å². The summed E-state index contributed by atoms with van der Waals surface area (Å²) < 4.78 is 29.2. The maximum atomic E-state index is 12.7. The van der Waals surface area contributed by atoms with Gasteiger partial charge in [-0.3, -0.25) is 50.0 Å². The smallest absolute Gasteiger partial charge is 0.328 e. The third-order valence-electron chi connectivity index (χ3n) is 11.0. The standard InChI is InChI=1S/C16H17N3O4.C13H17NO2.C7H5FO.C6H13NO.C4H4N2O3.3C2H6/c1-9-7-19-11-5-3-2-4-10(11)6-16(12(19)8-23-9)13(20)17-15(22)18-14(16)21;1-10-7-14(8-11(2)16-10)13-6-4-3-5-12(13)9-15;8-7-4-2-1-3-6(7)5-9;1-5-3-7-4-6(2)8-5;7-2-1-3(8)6-4(9)5-2;3*1-2/h2-5,9,12H,6-8H2,1H3,(H2,17,18,20,21,22);3-6,9-11H,7-8H2,1-2H3;1-5H;5-7H,3-4H2,1-2H3;1H2,(H2,5,6,7,8,9);3*1-2H3/t9-,12-;10-,11+;;5-,6+;;;;/m1......./s1. The maximum Gasteiger partial charge on any atom is 0.328 e. The van der Waals surface area contributed by atoms with Crippen molar-refractivity contribution in [2.24, 2.45) is 5.41 Å². The number of benzene rings is 3. The molecule has 5 N–H and O–H groups in total. The molecule has 0 saturated carbocycles. The number of imide groups is 4. The lowest BCUT2D eigenvalue weighted by Crippen LogP contribution is -2.73. The van der Waals surface area contributed by atoms with Gasteiger partial charge in [0.05, 0.1) is 48.7 Å². The third-order valence-corrected chi connectivity index (χ3v) is 11.0. The summed E-state index contributed by atoms with van der Waals surface area (Å²) in [5.74, 6) is -2.66. The quantitative estimate of drug-likeness (QED) is 0.147. The minimum absolute atomic E-state index is 0.00537. The second kappa shape index (κ2) is 31.0. The Morgan fingerprint density at radius 3 is 1.52 bits per heavy atom. The number of anilines is 2. The summed E-state index contributed by atoms with van der Waals surface area (Å²) in [6.45, 7) is 26.8. The largest absolute Gasteiger partial charge is 0.374 e. The van der Waals surface area contributed by atoms with Crippen molar-refractivity contribution in [3.8, 4) is 0 Å². The lowest BCUT2D eigenvalue weighted by Gasteiger charge is -2.52. The van der Waals surface area contributed by atoms with Crippen LogP contribution in [0, 0.1) is 11.2 Å². The van der Waals surface area contributed by atoms with E-state index in [0.29, 0.717) is 25.0 Å². The third kappa shape index (κ3) is 17.7. The van der Waals surface area contributed by atoms with Crippen LogP contribution >= 0.6 is 0 Å². The number of carbonyl (C=O) groups is 8. The van der Waals surface area contributed by atoms with Gasteiger partial charge in [0.25, 0.3) is 0 Å². The van der Waals surface area contributed by atoms with Gasteiger partial charge in [-0.25, -0.2) is 14.0 Å². The molecule has 71 heavy (non-hydrogen) atoms. The Labute approximate surface area is 417 Å². The van der Waals surface area contributed by atoms with Crippen LogP contribution in [0.2, 0.25) is 0 Å². The summed E-state index contributed by atoms with van der Waals surface area (Å²) in [6, 6.07) is 19.4. The minimum Gasteiger partial charge on any atom is -0.374 e. The average Bonchev–Trinajstić information content (AvgIpc) is 3.35. The van der Waals surface area contributed by atoms with Gasteiger partial charge in [0.15, 0.2) is 18.0 Å². The van der Waals surface area contributed by atoms with Crippen LogP contribution in [-0.2, 0) is 39.8 Å². The predicted octanol–water partition coefficient (Wildman–Crippen LogP) is 6.14. The average molecular weight is 992 g/mol. The fourth-order valence-corrected chi connectivity index (χ4v) is 8.18. The van der Waals surface area contributed by atoms with Gasteiger partial charge in [-0.1, -0.05) is 84.0 Å². The zero-order chi connectivity index (χ0) is 53.3. The zero-order valence-corrected chi connectivity index (χ0v) is 43.0. The molecule has 1 spiro atoms. The first-order chi connectivity index (χ1) is 34.0. The molecule has 0 aromatic heterocycles. The van der Waals surface area contributed by atoms with Crippen molar-refractivity contribution in [2.75, 3.05) is 49.1 Å². The normalized spacial score (nSPS) is 23.3. The number of para-hydroxylation sites is 2. The Bertz CT molecular complexity index is 2150. The van der Waals surface area contributed by atoms with Gasteiger partial charge in [-0.15, -0.1) is 0 Å². The summed E-state index contributed by atoms with van der Waals surface area (Å²) in [4.78, 5) is 92.8. The van der Waals surface area contributed by atoms with Crippen LogP contribution in [0.4, 0.5) is 25.4 Å². The number of hydrogen-bond acceptors (Lipinski definition) is 14. The van der Waals surface area contributed by atoms with Gasteiger partial charge < -0.3 is 29.3 Å². The van der Waals surface area contributed by atoms with E-state index in [0.717, 1.165) is 55.0 Å². The monoisotopic (exact) mass is 992 g/mol. The fourth-order valence-electron chi connectivity index (χ4n) is 8.18. The van der Waals surface area contributed by atoms with Gasteiger partial charge in [0.1, 0.15) is 12.2 Å². The number of fused-ring (bicyclic) bond motifs is 4. The highest BCUT2D eigenvalue weighted by atomic mass is 19.1. The van der Waals surface area contributed by atoms with Crippen LogP contribution in [0.1, 0.15) is 109 Å². The number of rotatable bonds is 3. The Morgan fingerprint density at radius 1 is 0.577 bits per heavy atom. The number of barbiturate groups is 2. The van der Waals surface area contributed by atoms with E-state index >= 15 is 0 Å². The van der Waals surface area contributed by atoms with Crippen molar-refractivity contribution in [2.45, 2.75) is 126 Å². The molecule has 5 fully saturated rings. The molecule has 6 atom stereocenters. The van der Waals surface area contributed by atoms with Gasteiger partial charge in [0, 0.05) is 49.7 Å². The Morgan fingerprint density at radius 2 is 1.04 bits per heavy atom. The molecule has 19 heteroatoms. The summed E-state index contributed by atoms with van der Waals surface area (Å²) in [7, 11) is 0. The fraction of sp³-hybridized carbons (Fsp3) is 0.500. The molecular weight excluding hydrogens is 918 g/mol. The molecule has 6 aliphatic rings. The summed E-state index contributed by atoms with van der Waals surface area (Å²) in [5.41, 5.74) is 2.48. The highest BCUT2D eigenvalue weighted by Crippen LogP contribution is 2.44. The molecule has 6 heterocycles. The van der Waals surface area contributed by atoms with Crippen LogP contribution in [0.3, 0.4) is 0 Å². The Hall–Kier alpha value is -6.41. The van der Waals surface area contributed by atoms with Crippen molar-refractivity contribution in [3.63, 3.8) is 0 Å². The van der Waals surface area contributed by atoms with E-state index in [1.54, 1.807) is 12.1 Å². The van der Waals surface area contributed by atoms with Gasteiger partial charge in [0.2, 0.25) is 23.6 Å². The van der Waals surface area contributed by atoms with Crippen molar-refractivity contribution >= 4 is 59.6 Å². The highest BCUT2D eigenvalue weighted by molar-refractivity contribution is 6.20. The number of morpholine rings is 3. The molecule has 0 bridgehead atoms. The van der Waals surface area contributed by atoms with Gasteiger partial charge in [-0.2, -0.15) is 0 Å². The Balaban J connectivity index is 0.000000315. The topological polar surface area (TPSA) is 231 Å². The molecule has 0 unspecified atom stereocenters. The Kier molecular flexibility index (Phi) is 26.5. The zero-order valence-electron chi connectivity index (χ0n) is 43.0. The molecule has 5 saturated heterocycles. The second-order valence-corrected chi connectivity index (χ2v) is 16.3. The molecule has 0 radical (unpaired) electrons. The number of ether oxygens (including phenoxy) is 3. The van der Waals surface area contributed by atoms with Crippen LogP contribution in [0.5, 0.6) is 0 Å².